The van der Waals surface area contributed by atoms with Crippen LogP contribution in [0.5, 0.6) is 0 Å². The van der Waals surface area contributed by atoms with Gasteiger partial charge in [0.2, 0.25) is 0 Å². The highest BCUT2D eigenvalue weighted by molar-refractivity contribution is 7.82. The van der Waals surface area contributed by atoms with E-state index in [9.17, 15) is 9.13 Å². The van der Waals surface area contributed by atoms with Crippen molar-refractivity contribution in [3.63, 3.8) is 0 Å². The Labute approximate surface area is 96.6 Å². The zero-order valence-corrected chi connectivity index (χ0v) is 10.5. The van der Waals surface area contributed by atoms with E-state index >= 15 is 0 Å². The van der Waals surface area contributed by atoms with Crippen LogP contribution in [0.25, 0.3) is 0 Å². The summed E-state index contributed by atoms with van der Waals surface area (Å²) in [5, 5.41) is 11.5. The van der Waals surface area contributed by atoms with Crippen LogP contribution in [0.3, 0.4) is 0 Å². The molecule has 14 N–H and O–H groups in total. The molecule has 0 radical (unpaired) electrons. The normalized spacial score (nSPS) is 12.2. The number of hydrogen-bond acceptors (Lipinski definition) is 7. The third-order valence-corrected chi connectivity index (χ3v) is 4.28. The Morgan fingerprint density at radius 2 is 1.06 bits per heavy atom. The number of rotatable bonds is 6. The van der Waals surface area contributed by atoms with Crippen molar-refractivity contribution in [3.8, 4) is 0 Å². The first-order valence-corrected chi connectivity index (χ1v) is 7.39. The van der Waals surface area contributed by atoms with Gasteiger partial charge in [0, 0.05) is 0 Å². The molecule has 0 unspecified atom stereocenters. The third-order valence-electron chi connectivity index (χ3n) is 1.25. The van der Waals surface area contributed by atoms with Crippen LogP contribution >= 0.6 is 27.4 Å². The second-order valence-corrected chi connectivity index (χ2v) is 6.61. The lowest BCUT2D eigenvalue weighted by molar-refractivity contribution is 0.549. The molecule has 0 aliphatic rings. The molecule has 16 heavy (non-hydrogen) atoms. The van der Waals surface area contributed by atoms with Crippen LogP contribution in [0.1, 0.15) is 0 Å². The van der Waals surface area contributed by atoms with Crippen LogP contribution in [0.15, 0.2) is 0 Å². The van der Waals surface area contributed by atoms with Gasteiger partial charge in [0.1, 0.15) is 0 Å². The number of thiocarbonyl (C=S) groups is 1. The molecule has 0 fully saturated rings. The summed E-state index contributed by atoms with van der Waals surface area (Å²) < 4.78 is 23.0. The monoisotopic (exact) mass is 292 g/mol. The second kappa shape index (κ2) is 6.54. The van der Waals surface area contributed by atoms with Gasteiger partial charge in [0.15, 0.2) is 5.11 Å². The fraction of sp³-hybridized carbons (Fsp3) is 0. The molecule has 0 aliphatic heterocycles. The van der Waals surface area contributed by atoms with Crippen LogP contribution in [-0.4, -0.2) is 5.11 Å². The highest BCUT2D eigenvalue weighted by Crippen LogP contribution is 2.29. The van der Waals surface area contributed by atoms with E-state index in [2.05, 4.69) is 22.4 Å². The van der Waals surface area contributed by atoms with Crippen LogP contribution in [0.4, 0.5) is 0 Å². The quantitative estimate of drug-likeness (QED) is 0.0998. The topological polar surface area (TPSA) is 210 Å². The van der Waals surface area contributed by atoms with Crippen molar-refractivity contribution in [2.75, 3.05) is 0 Å². The van der Waals surface area contributed by atoms with E-state index in [1.165, 1.54) is 0 Å². The summed E-state index contributed by atoms with van der Waals surface area (Å²) in [5.74, 6) is 19.8. The van der Waals surface area contributed by atoms with Gasteiger partial charge in [-0.2, -0.15) is 20.8 Å². The number of nitrogens with one attached hydrogen (secondary N) is 6. The van der Waals surface area contributed by atoms with Gasteiger partial charge >= 0.3 is 15.2 Å². The summed E-state index contributed by atoms with van der Waals surface area (Å²) in [7, 11) is -7.00. The molecule has 0 bridgehead atoms. The van der Waals surface area contributed by atoms with E-state index in [4.69, 9.17) is 23.4 Å². The summed E-state index contributed by atoms with van der Waals surface area (Å²) in [5.41, 5.74) is 0. The number of nitrogens with two attached hydrogens (primary N) is 4. The van der Waals surface area contributed by atoms with E-state index in [0.29, 0.717) is 0 Å². The van der Waals surface area contributed by atoms with Crippen molar-refractivity contribution in [1.29, 1.82) is 0 Å². The lowest BCUT2D eigenvalue weighted by atomic mass is 11.2. The lowest BCUT2D eigenvalue weighted by Gasteiger charge is -2.22. The van der Waals surface area contributed by atoms with Crippen molar-refractivity contribution < 1.29 is 9.13 Å². The SMILES string of the molecule is NNP(=O)(NN)NC(=S)NP(=O)(NN)NN. The molecule has 0 aromatic heterocycles. The van der Waals surface area contributed by atoms with E-state index in [0.717, 1.165) is 0 Å². The first-order valence-electron chi connectivity index (χ1n) is 3.57. The van der Waals surface area contributed by atoms with Gasteiger partial charge in [-0.3, -0.25) is 42.7 Å². The second-order valence-electron chi connectivity index (χ2n) is 2.29. The van der Waals surface area contributed by atoms with E-state index in [1.54, 1.807) is 0 Å². The van der Waals surface area contributed by atoms with Crippen LogP contribution < -0.4 is 54.3 Å². The molecule has 0 spiro atoms. The number of hydrogen-bond donors (Lipinski definition) is 10. The Morgan fingerprint density at radius 1 is 0.812 bits per heavy atom. The predicted molar refractivity (Wildman–Crippen MR) is 63.4 cm³/mol. The Balaban J connectivity index is 4.50. The zero-order valence-electron chi connectivity index (χ0n) is 7.93. The van der Waals surface area contributed by atoms with Crippen molar-refractivity contribution in [2.45, 2.75) is 0 Å². The molecule has 0 atom stereocenters. The molecule has 15 heteroatoms. The van der Waals surface area contributed by atoms with Crippen molar-refractivity contribution in [1.82, 2.24) is 31.0 Å². The molecule has 0 saturated heterocycles. The minimum Gasteiger partial charge on any atom is -0.288 e. The van der Waals surface area contributed by atoms with Gasteiger partial charge in [-0.25, -0.2) is 0 Å². The largest absolute Gasteiger partial charge is 0.330 e. The molecular formula is CH14N10O2P2S. The van der Waals surface area contributed by atoms with Gasteiger partial charge in [-0.1, -0.05) is 0 Å². The summed E-state index contributed by atoms with van der Waals surface area (Å²) in [6.45, 7) is 0. The Bertz CT molecular complexity index is 285. The molecule has 0 amide bonds. The van der Waals surface area contributed by atoms with E-state index < -0.39 is 15.2 Å². The first kappa shape index (κ1) is 15.8. The minimum absolute atomic E-state index is 0.307. The van der Waals surface area contributed by atoms with Gasteiger partial charge in [-0.05, 0) is 12.2 Å². The first-order chi connectivity index (χ1) is 7.34. The maximum Gasteiger partial charge on any atom is 0.330 e. The fourth-order valence-electron chi connectivity index (χ4n) is 0.515. The summed E-state index contributed by atoms with van der Waals surface area (Å²) in [6.07, 6.45) is 0. The maximum absolute atomic E-state index is 11.5. The Kier molecular flexibility index (Phi) is 6.47. The van der Waals surface area contributed by atoms with Gasteiger partial charge in [0.05, 0.1) is 0 Å². The molecule has 0 saturated carbocycles. The Morgan fingerprint density at radius 3 is 1.25 bits per heavy atom. The molecule has 0 heterocycles. The summed E-state index contributed by atoms with van der Waals surface area (Å²) in [4.78, 5) is 0. The van der Waals surface area contributed by atoms with Gasteiger partial charge in [0.25, 0.3) is 0 Å². The highest BCUT2D eigenvalue weighted by atomic mass is 32.1. The molecule has 0 aromatic carbocycles. The van der Waals surface area contributed by atoms with Crippen LogP contribution in [0.2, 0.25) is 0 Å². The maximum atomic E-state index is 11.5. The molecule has 96 valence electrons. The lowest BCUT2D eigenvalue weighted by Crippen LogP contribution is -2.47. The third kappa shape index (κ3) is 4.78. The fourth-order valence-corrected chi connectivity index (χ4v) is 2.47. The molecule has 0 rings (SSSR count). The number of hydrazine groups is 4. The average Bonchev–Trinajstić information content (AvgIpc) is 2.28. The molecular weight excluding hydrogens is 278 g/mol. The Hall–Kier alpha value is -0.170. The summed E-state index contributed by atoms with van der Waals surface area (Å²) >= 11 is 4.67. The standard InChI is InChI=1S/CH14N10O2P2S/c2-8-14(12,9-3)6-1(16)7-15(13,10-4)11-5/h2-5H2,(H6,6,7,8,9,10,11,12,13,16). The molecule has 0 aliphatic carbocycles. The zero-order chi connectivity index (χ0) is 12.8. The predicted octanol–water partition coefficient (Wildman–Crippen LogP) is -3.48. The molecule has 12 nitrogen and oxygen atoms in total. The van der Waals surface area contributed by atoms with Gasteiger partial charge in [-0.15, -0.1) is 0 Å². The van der Waals surface area contributed by atoms with Crippen LogP contribution in [-0.2, 0) is 9.13 Å². The van der Waals surface area contributed by atoms with E-state index in [1.807, 2.05) is 20.8 Å². The highest BCUT2D eigenvalue weighted by Gasteiger charge is 2.24. The molecule has 0 aromatic rings. The van der Waals surface area contributed by atoms with Crippen molar-refractivity contribution in [3.05, 3.63) is 0 Å². The van der Waals surface area contributed by atoms with E-state index in [-0.39, 0.29) is 5.11 Å². The smallest absolute Gasteiger partial charge is 0.288 e. The van der Waals surface area contributed by atoms with Crippen molar-refractivity contribution >= 4 is 32.5 Å². The average molecular weight is 292 g/mol. The van der Waals surface area contributed by atoms with Crippen LogP contribution in [0, 0.1) is 0 Å². The van der Waals surface area contributed by atoms with Gasteiger partial charge < -0.3 is 0 Å². The minimum atomic E-state index is -3.50. The summed E-state index contributed by atoms with van der Waals surface area (Å²) in [6, 6.07) is 0. The van der Waals surface area contributed by atoms with Crippen molar-refractivity contribution in [2.24, 2.45) is 23.4 Å².